The Labute approximate surface area is 144 Å². The van der Waals surface area contributed by atoms with Gasteiger partial charge in [0.05, 0.1) is 16.0 Å². The van der Waals surface area contributed by atoms with Crippen molar-refractivity contribution >= 4 is 44.9 Å². The fourth-order valence-corrected chi connectivity index (χ4v) is 4.13. The van der Waals surface area contributed by atoms with Crippen LogP contribution in [0.15, 0.2) is 41.3 Å². The molecule has 0 atom stereocenters. The summed E-state index contributed by atoms with van der Waals surface area (Å²) in [4.78, 5) is 5.15. The number of fused-ring (bicyclic) bond motifs is 1. The van der Waals surface area contributed by atoms with Crippen LogP contribution in [0.25, 0.3) is 20.8 Å². The zero-order valence-corrected chi connectivity index (χ0v) is 14.3. The van der Waals surface area contributed by atoms with Gasteiger partial charge in [0.1, 0.15) is 5.01 Å². The third kappa shape index (κ3) is 4.00. The van der Waals surface area contributed by atoms with Crippen molar-refractivity contribution in [2.75, 3.05) is 5.75 Å². The molecule has 0 radical (unpaired) electrons. The first-order chi connectivity index (χ1) is 10.8. The second-order valence-electron chi connectivity index (χ2n) is 5.02. The quantitative estimate of drug-likeness (QED) is 0.481. The smallest absolute Gasteiger partial charge is 0.236 e. The van der Waals surface area contributed by atoms with Crippen LogP contribution < -0.4 is 0 Å². The van der Waals surface area contributed by atoms with E-state index < -0.39 is 11.9 Å². The molecule has 1 aromatic heterocycles. The first-order valence-corrected chi connectivity index (χ1v) is 8.86. The predicted octanol–water partition coefficient (Wildman–Crippen LogP) is 6.58. The fraction of sp³-hybridized carbons (Fsp3) is 0.188. The molecule has 0 fully saturated rings. The standard InChI is InChI=1S/C16H11ClF3NS2/c1-9-2-3-10(6-13(9)22-8-16(18,19)20)15-21-12-5-4-11(17)7-14(12)23-15/h2-7H,8H2,1H3. The highest BCUT2D eigenvalue weighted by Crippen LogP contribution is 2.36. The fourth-order valence-electron chi connectivity index (χ4n) is 2.07. The van der Waals surface area contributed by atoms with E-state index in [9.17, 15) is 13.2 Å². The summed E-state index contributed by atoms with van der Waals surface area (Å²) in [5.41, 5.74) is 2.48. The SMILES string of the molecule is Cc1ccc(-c2nc3ccc(Cl)cc3s2)cc1SCC(F)(F)F. The number of benzene rings is 2. The predicted molar refractivity (Wildman–Crippen MR) is 91.6 cm³/mol. The highest BCUT2D eigenvalue weighted by molar-refractivity contribution is 7.99. The van der Waals surface area contributed by atoms with Crippen molar-refractivity contribution < 1.29 is 13.2 Å². The van der Waals surface area contributed by atoms with E-state index in [1.54, 1.807) is 19.1 Å². The lowest BCUT2D eigenvalue weighted by Crippen LogP contribution is -2.10. The van der Waals surface area contributed by atoms with E-state index in [4.69, 9.17) is 11.6 Å². The van der Waals surface area contributed by atoms with Gasteiger partial charge in [-0.3, -0.25) is 0 Å². The van der Waals surface area contributed by atoms with Crippen molar-refractivity contribution in [2.45, 2.75) is 18.0 Å². The van der Waals surface area contributed by atoms with E-state index in [0.717, 1.165) is 38.1 Å². The van der Waals surface area contributed by atoms with Crippen LogP contribution in [0, 0.1) is 6.92 Å². The number of hydrogen-bond donors (Lipinski definition) is 0. The maximum Gasteiger partial charge on any atom is 0.398 e. The first-order valence-electron chi connectivity index (χ1n) is 6.68. The zero-order valence-electron chi connectivity index (χ0n) is 11.9. The molecule has 0 unspecified atom stereocenters. The third-order valence-electron chi connectivity index (χ3n) is 3.18. The molecule has 0 bridgehead atoms. The van der Waals surface area contributed by atoms with Gasteiger partial charge < -0.3 is 0 Å². The van der Waals surface area contributed by atoms with Gasteiger partial charge in [0.15, 0.2) is 0 Å². The molecular weight excluding hydrogens is 363 g/mol. The van der Waals surface area contributed by atoms with E-state index in [2.05, 4.69) is 4.98 Å². The molecule has 23 heavy (non-hydrogen) atoms. The summed E-state index contributed by atoms with van der Waals surface area (Å²) in [6, 6.07) is 10.9. The minimum atomic E-state index is -4.18. The summed E-state index contributed by atoms with van der Waals surface area (Å²) in [6.45, 7) is 1.81. The van der Waals surface area contributed by atoms with Crippen molar-refractivity contribution in [3.63, 3.8) is 0 Å². The second kappa shape index (κ2) is 6.34. The van der Waals surface area contributed by atoms with E-state index in [-0.39, 0.29) is 0 Å². The van der Waals surface area contributed by atoms with Gasteiger partial charge in [-0.05, 0) is 36.8 Å². The van der Waals surface area contributed by atoms with Crippen LogP contribution in [0.3, 0.4) is 0 Å². The van der Waals surface area contributed by atoms with Crippen molar-refractivity contribution in [2.24, 2.45) is 0 Å². The van der Waals surface area contributed by atoms with Crippen LogP contribution >= 0.6 is 34.7 Å². The average molecular weight is 374 g/mol. The minimum absolute atomic E-state index is 0.622. The van der Waals surface area contributed by atoms with Crippen molar-refractivity contribution in [3.8, 4) is 10.6 Å². The summed E-state index contributed by atoms with van der Waals surface area (Å²) in [5.74, 6) is -0.896. The van der Waals surface area contributed by atoms with Gasteiger partial charge >= 0.3 is 6.18 Å². The highest BCUT2D eigenvalue weighted by Gasteiger charge is 2.27. The summed E-state index contributed by atoms with van der Waals surface area (Å²) in [7, 11) is 0. The lowest BCUT2D eigenvalue weighted by Gasteiger charge is -2.09. The Kier molecular flexibility index (Phi) is 4.58. The molecule has 0 N–H and O–H groups in total. The molecule has 1 nitrogen and oxygen atoms in total. The molecule has 2 aromatic carbocycles. The van der Waals surface area contributed by atoms with Crippen molar-refractivity contribution in [3.05, 3.63) is 47.0 Å². The maximum absolute atomic E-state index is 12.4. The van der Waals surface area contributed by atoms with Crippen LogP contribution in [0.2, 0.25) is 5.02 Å². The average Bonchev–Trinajstić information content (AvgIpc) is 2.88. The molecule has 0 amide bonds. The maximum atomic E-state index is 12.4. The summed E-state index contributed by atoms with van der Waals surface area (Å²) >= 11 is 8.25. The lowest BCUT2D eigenvalue weighted by atomic mass is 10.1. The molecule has 0 aliphatic heterocycles. The van der Waals surface area contributed by atoms with Gasteiger partial charge in [0.2, 0.25) is 0 Å². The first kappa shape index (κ1) is 16.6. The molecule has 3 aromatic rings. The minimum Gasteiger partial charge on any atom is -0.236 e. The monoisotopic (exact) mass is 373 g/mol. The summed E-state index contributed by atoms with van der Waals surface area (Å²) < 4.78 is 38.2. The van der Waals surface area contributed by atoms with Crippen LogP contribution in [0.4, 0.5) is 13.2 Å². The van der Waals surface area contributed by atoms with E-state index in [1.807, 2.05) is 24.3 Å². The molecule has 0 aliphatic carbocycles. The molecule has 120 valence electrons. The molecule has 1 heterocycles. The molecular formula is C16H11ClF3NS2. The van der Waals surface area contributed by atoms with Gasteiger partial charge in [0.25, 0.3) is 0 Å². The van der Waals surface area contributed by atoms with Crippen LogP contribution in [0.5, 0.6) is 0 Å². The number of hydrogen-bond acceptors (Lipinski definition) is 3. The Balaban J connectivity index is 1.95. The number of aryl methyl sites for hydroxylation is 1. The van der Waals surface area contributed by atoms with Gasteiger partial charge in [-0.25, -0.2) is 4.98 Å². The number of alkyl halides is 3. The van der Waals surface area contributed by atoms with Gasteiger partial charge in [0, 0.05) is 15.5 Å². The van der Waals surface area contributed by atoms with Gasteiger partial charge in [-0.2, -0.15) is 13.2 Å². The zero-order chi connectivity index (χ0) is 16.6. The Bertz CT molecular complexity index is 858. The number of nitrogens with zero attached hydrogens (tertiary/aromatic N) is 1. The van der Waals surface area contributed by atoms with E-state index in [0.29, 0.717) is 9.92 Å². The highest BCUT2D eigenvalue weighted by atomic mass is 35.5. The van der Waals surface area contributed by atoms with Gasteiger partial charge in [-0.1, -0.05) is 23.7 Å². The van der Waals surface area contributed by atoms with Crippen molar-refractivity contribution in [1.29, 1.82) is 0 Å². The Morgan fingerprint density at radius 1 is 1.17 bits per heavy atom. The van der Waals surface area contributed by atoms with Crippen molar-refractivity contribution in [1.82, 2.24) is 4.98 Å². The number of rotatable bonds is 3. The summed E-state index contributed by atoms with van der Waals surface area (Å²) in [6.07, 6.45) is -4.18. The van der Waals surface area contributed by atoms with Crippen LogP contribution in [-0.4, -0.2) is 16.9 Å². The van der Waals surface area contributed by atoms with E-state index in [1.165, 1.54) is 11.3 Å². The number of aromatic nitrogens is 1. The molecule has 0 aliphatic rings. The molecule has 3 rings (SSSR count). The number of halogens is 4. The normalized spacial score (nSPS) is 12.0. The third-order valence-corrected chi connectivity index (χ3v) is 5.70. The lowest BCUT2D eigenvalue weighted by molar-refractivity contribution is -0.105. The molecule has 7 heteroatoms. The largest absolute Gasteiger partial charge is 0.398 e. The Morgan fingerprint density at radius 2 is 1.96 bits per heavy atom. The van der Waals surface area contributed by atoms with Gasteiger partial charge in [-0.15, -0.1) is 23.1 Å². The van der Waals surface area contributed by atoms with Crippen LogP contribution in [-0.2, 0) is 0 Å². The number of thioether (sulfide) groups is 1. The number of thiazole rings is 1. The Hall–Kier alpha value is -1.24. The van der Waals surface area contributed by atoms with Crippen LogP contribution in [0.1, 0.15) is 5.56 Å². The van der Waals surface area contributed by atoms with E-state index >= 15 is 0 Å². The molecule has 0 saturated carbocycles. The summed E-state index contributed by atoms with van der Waals surface area (Å²) in [5, 5.41) is 1.41. The second-order valence-corrected chi connectivity index (χ2v) is 7.50. The Morgan fingerprint density at radius 3 is 2.70 bits per heavy atom. The topological polar surface area (TPSA) is 12.9 Å². The molecule has 0 spiro atoms. The molecule has 0 saturated heterocycles.